The van der Waals surface area contributed by atoms with Crippen LogP contribution in [0.1, 0.15) is 58.3 Å². The van der Waals surface area contributed by atoms with Gasteiger partial charge in [0, 0.05) is 13.1 Å². The van der Waals surface area contributed by atoms with Gasteiger partial charge in [0.2, 0.25) is 0 Å². The summed E-state index contributed by atoms with van der Waals surface area (Å²) in [5.41, 5.74) is -0.509. The van der Waals surface area contributed by atoms with Gasteiger partial charge in [0.1, 0.15) is 0 Å². The van der Waals surface area contributed by atoms with Crippen molar-refractivity contribution in [3.05, 3.63) is 0 Å². The second kappa shape index (κ2) is 6.46. The molecule has 2 amide bonds. The predicted octanol–water partition coefficient (Wildman–Crippen LogP) is 2.61. The van der Waals surface area contributed by atoms with Gasteiger partial charge in [0.25, 0.3) is 0 Å². The number of nitrogens with one attached hydrogen (secondary N) is 1. The van der Waals surface area contributed by atoms with Gasteiger partial charge in [-0.1, -0.05) is 26.2 Å². The molecule has 2 fully saturated rings. The molecule has 5 nitrogen and oxygen atoms in total. The van der Waals surface area contributed by atoms with Gasteiger partial charge in [-0.05, 0) is 31.6 Å². The molecule has 0 atom stereocenters. The van der Waals surface area contributed by atoms with Crippen molar-refractivity contribution in [1.29, 1.82) is 0 Å². The molecule has 0 aromatic carbocycles. The van der Waals surface area contributed by atoms with Gasteiger partial charge in [-0.15, -0.1) is 0 Å². The van der Waals surface area contributed by atoms with Crippen molar-refractivity contribution >= 4 is 12.0 Å². The first-order chi connectivity index (χ1) is 9.54. The number of carbonyl (C=O) groups is 2. The molecule has 2 rings (SSSR count). The maximum Gasteiger partial charge on any atom is 0.317 e. The first-order valence-electron chi connectivity index (χ1n) is 7.83. The molecule has 1 aliphatic carbocycles. The third kappa shape index (κ3) is 3.64. The van der Waals surface area contributed by atoms with Crippen molar-refractivity contribution in [1.82, 2.24) is 10.2 Å². The average molecular weight is 282 g/mol. The minimum atomic E-state index is -0.822. The fourth-order valence-electron chi connectivity index (χ4n) is 3.54. The van der Waals surface area contributed by atoms with Crippen LogP contribution in [0.5, 0.6) is 0 Å². The molecule has 0 spiro atoms. The highest BCUT2D eigenvalue weighted by atomic mass is 16.4. The van der Waals surface area contributed by atoms with Crippen LogP contribution in [-0.4, -0.2) is 40.6 Å². The van der Waals surface area contributed by atoms with E-state index >= 15 is 0 Å². The molecule has 0 bridgehead atoms. The topological polar surface area (TPSA) is 69.6 Å². The summed E-state index contributed by atoms with van der Waals surface area (Å²) < 4.78 is 0. The summed E-state index contributed by atoms with van der Waals surface area (Å²) in [5, 5.41) is 12.1. The number of carboxylic acids is 1. The minimum Gasteiger partial charge on any atom is -0.481 e. The Kier molecular flexibility index (Phi) is 4.89. The number of piperidine rings is 1. The lowest BCUT2D eigenvalue weighted by molar-refractivity contribution is -0.138. The second-order valence-corrected chi connectivity index (χ2v) is 6.33. The van der Waals surface area contributed by atoms with Crippen molar-refractivity contribution in [2.24, 2.45) is 5.92 Å². The van der Waals surface area contributed by atoms with Crippen LogP contribution >= 0.6 is 0 Å². The van der Waals surface area contributed by atoms with Crippen molar-refractivity contribution in [2.75, 3.05) is 13.1 Å². The zero-order chi connectivity index (χ0) is 14.6. The lowest BCUT2D eigenvalue weighted by Crippen LogP contribution is -2.54. The van der Waals surface area contributed by atoms with Crippen LogP contribution in [0.2, 0.25) is 0 Å². The fraction of sp³-hybridized carbons (Fsp3) is 0.867. The van der Waals surface area contributed by atoms with Crippen LogP contribution in [-0.2, 0) is 4.79 Å². The zero-order valence-electron chi connectivity index (χ0n) is 12.4. The maximum absolute atomic E-state index is 12.4. The van der Waals surface area contributed by atoms with E-state index in [1.54, 1.807) is 0 Å². The molecule has 0 unspecified atom stereocenters. The van der Waals surface area contributed by atoms with Crippen LogP contribution in [0.3, 0.4) is 0 Å². The predicted molar refractivity (Wildman–Crippen MR) is 76.6 cm³/mol. The molecule has 1 aliphatic heterocycles. The smallest absolute Gasteiger partial charge is 0.317 e. The number of likely N-dealkylation sites (tertiary alicyclic amines) is 1. The lowest BCUT2D eigenvalue weighted by Gasteiger charge is -2.36. The minimum absolute atomic E-state index is 0.0458. The van der Waals surface area contributed by atoms with E-state index < -0.39 is 11.5 Å². The van der Waals surface area contributed by atoms with Gasteiger partial charge in [-0.2, -0.15) is 0 Å². The molecule has 20 heavy (non-hydrogen) atoms. The van der Waals surface area contributed by atoms with Crippen molar-refractivity contribution in [2.45, 2.75) is 63.8 Å². The first kappa shape index (κ1) is 15.1. The van der Waals surface area contributed by atoms with E-state index in [0.29, 0.717) is 0 Å². The van der Waals surface area contributed by atoms with Gasteiger partial charge in [-0.25, -0.2) is 4.79 Å². The quantitative estimate of drug-likeness (QED) is 0.832. The highest BCUT2D eigenvalue weighted by Gasteiger charge is 2.38. The Morgan fingerprint density at radius 2 is 1.85 bits per heavy atom. The van der Waals surface area contributed by atoms with E-state index in [0.717, 1.165) is 57.5 Å². The number of nitrogens with zero attached hydrogens (tertiary/aromatic N) is 1. The summed E-state index contributed by atoms with van der Waals surface area (Å²) in [7, 11) is 0. The molecule has 0 aromatic rings. The molecule has 5 heteroatoms. The van der Waals surface area contributed by atoms with Crippen molar-refractivity contribution in [3.8, 4) is 0 Å². The number of urea groups is 1. The van der Waals surface area contributed by atoms with Crippen LogP contribution in [0, 0.1) is 5.92 Å². The zero-order valence-corrected chi connectivity index (χ0v) is 12.4. The van der Waals surface area contributed by atoms with Gasteiger partial charge < -0.3 is 15.3 Å². The standard InChI is InChI=1S/C15H26N2O3/c1-2-12-5-9-17(10-6-12)14(20)16-15(11-13(18)19)7-3-4-8-15/h12H,2-11H2,1H3,(H,16,20)(H,18,19). The van der Waals surface area contributed by atoms with E-state index in [4.69, 9.17) is 5.11 Å². The van der Waals surface area contributed by atoms with E-state index in [1.165, 1.54) is 6.42 Å². The summed E-state index contributed by atoms with van der Waals surface area (Å²) in [6.45, 7) is 3.79. The first-order valence-corrected chi connectivity index (χ1v) is 7.83. The Balaban J connectivity index is 1.90. The van der Waals surface area contributed by atoms with Crippen LogP contribution in [0.25, 0.3) is 0 Å². The number of carboxylic acid groups (broad SMARTS) is 1. The summed E-state index contributed by atoms with van der Waals surface area (Å²) in [6.07, 6.45) is 6.94. The molecule has 0 aromatic heterocycles. The van der Waals surface area contributed by atoms with Crippen LogP contribution in [0.4, 0.5) is 4.79 Å². The van der Waals surface area contributed by atoms with Gasteiger partial charge in [0.05, 0.1) is 12.0 Å². The summed E-state index contributed by atoms with van der Waals surface area (Å²) in [5.74, 6) is -0.0876. The maximum atomic E-state index is 12.4. The molecule has 2 N–H and O–H groups in total. The molecule has 1 saturated carbocycles. The number of carbonyl (C=O) groups excluding carboxylic acids is 1. The average Bonchev–Trinajstić information content (AvgIpc) is 2.86. The third-order valence-electron chi connectivity index (χ3n) is 4.90. The monoisotopic (exact) mass is 282 g/mol. The third-order valence-corrected chi connectivity index (χ3v) is 4.90. The Hall–Kier alpha value is -1.26. The largest absolute Gasteiger partial charge is 0.481 e. The molecule has 1 heterocycles. The lowest BCUT2D eigenvalue weighted by atomic mass is 9.92. The van der Waals surface area contributed by atoms with Crippen molar-refractivity contribution in [3.63, 3.8) is 0 Å². The van der Waals surface area contributed by atoms with E-state index in [2.05, 4.69) is 12.2 Å². The van der Waals surface area contributed by atoms with Gasteiger partial charge in [0.15, 0.2) is 0 Å². The van der Waals surface area contributed by atoms with Gasteiger partial charge >= 0.3 is 12.0 Å². The normalized spacial score (nSPS) is 22.8. The van der Waals surface area contributed by atoms with Gasteiger partial charge in [-0.3, -0.25) is 4.79 Å². The number of amides is 2. The highest BCUT2D eigenvalue weighted by Crippen LogP contribution is 2.33. The number of aliphatic carboxylic acids is 1. The summed E-state index contributed by atoms with van der Waals surface area (Å²) >= 11 is 0. The molecular formula is C15H26N2O3. The molecule has 1 saturated heterocycles. The number of hydrogen-bond acceptors (Lipinski definition) is 2. The van der Waals surface area contributed by atoms with E-state index in [-0.39, 0.29) is 12.5 Å². The molecule has 2 aliphatic rings. The molecule has 114 valence electrons. The molecular weight excluding hydrogens is 256 g/mol. The number of rotatable bonds is 4. The summed E-state index contributed by atoms with van der Waals surface area (Å²) in [6, 6.07) is -0.0669. The Morgan fingerprint density at radius 3 is 2.35 bits per heavy atom. The Bertz CT molecular complexity index is 356. The SMILES string of the molecule is CCC1CCN(C(=O)NC2(CC(=O)O)CCCC2)CC1. The molecule has 0 radical (unpaired) electrons. The van der Waals surface area contributed by atoms with Crippen LogP contribution < -0.4 is 5.32 Å². The van der Waals surface area contributed by atoms with E-state index in [9.17, 15) is 9.59 Å². The second-order valence-electron chi connectivity index (χ2n) is 6.33. The van der Waals surface area contributed by atoms with E-state index in [1.807, 2.05) is 4.90 Å². The number of hydrogen-bond donors (Lipinski definition) is 2. The van der Waals surface area contributed by atoms with Crippen LogP contribution in [0.15, 0.2) is 0 Å². The Labute approximate surface area is 120 Å². The fourth-order valence-corrected chi connectivity index (χ4v) is 3.54. The Morgan fingerprint density at radius 1 is 1.25 bits per heavy atom. The highest BCUT2D eigenvalue weighted by molar-refractivity contribution is 5.77. The van der Waals surface area contributed by atoms with Crippen molar-refractivity contribution < 1.29 is 14.7 Å². The summed E-state index contributed by atoms with van der Waals surface area (Å²) in [4.78, 5) is 25.2.